The Bertz CT molecular complexity index is 908. The van der Waals surface area contributed by atoms with Crippen molar-refractivity contribution < 1.29 is 9.53 Å². The Kier molecular flexibility index (Phi) is 9.60. The zero-order chi connectivity index (χ0) is 21.8. The number of carbonyl (C=O) groups is 1. The smallest absolute Gasteiger partial charge is 0.338 e. The van der Waals surface area contributed by atoms with Crippen LogP contribution < -0.4 is 0 Å². The fourth-order valence-electron chi connectivity index (χ4n) is 2.64. The number of allylic oxidation sites excluding steroid dienone is 1. The van der Waals surface area contributed by atoms with Crippen LogP contribution in [0.15, 0.2) is 59.3 Å². The number of thiophene rings is 1. The molecule has 4 heteroatoms. The molecular weight excluding hydrogens is 390 g/mol. The average molecular weight is 422 g/mol. The van der Waals surface area contributed by atoms with Gasteiger partial charge in [0.15, 0.2) is 0 Å². The topological polar surface area (TPSA) is 29.5 Å². The van der Waals surface area contributed by atoms with Crippen LogP contribution in [-0.4, -0.2) is 30.6 Å². The van der Waals surface area contributed by atoms with Crippen molar-refractivity contribution in [3.8, 4) is 11.8 Å². The van der Waals surface area contributed by atoms with E-state index in [1.54, 1.807) is 17.4 Å². The Morgan fingerprint density at radius 2 is 2.07 bits per heavy atom. The van der Waals surface area contributed by atoms with Crippen molar-refractivity contribution in [1.29, 1.82) is 0 Å². The molecule has 1 aromatic heterocycles. The van der Waals surface area contributed by atoms with Crippen LogP contribution in [-0.2, 0) is 11.3 Å². The van der Waals surface area contributed by atoms with Crippen LogP contribution in [0.25, 0.3) is 6.08 Å². The van der Waals surface area contributed by atoms with Crippen LogP contribution in [0.4, 0.5) is 0 Å². The minimum atomic E-state index is -0.299. The van der Waals surface area contributed by atoms with Gasteiger partial charge in [0.05, 0.1) is 5.56 Å². The molecule has 0 spiro atoms. The third-order valence-electron chi connectivity index (χ3n) is 4.19. The zero-order valence-corrected chi connectivity index (χ0v) is 19.2. The summed E-state index contributed by atoms with van der Waals surface area (Å²) in [6.45, 7) is 11.2. The Morgan fingerprint density at radius 3 is 2.77 bits per heavy atom. The molecule has 0 aliphatic rings. The molecule has 0 fully saturated rings. The molecule has 0 atom stereocenters. The minimum Gasteiger partial charge on any atom is -0.458 e. The first-order valence-corrected chi connectivity index (χ1v) is 11.2. The summed E-state index contributed by atoms with van der Waals surface area (Å²) in [4.78, 5) is 14.6. The summed E-state index contributed by atoms with van der Waals surface area (Å²) in [5.74, 6) is 6.00. The van der Waals surface area contributed by atoms with E-state index in [0.29, 0.717) is 5.56 Å². The second-order valence-electron chi connectivity index (χ2n) is 8.01. The lowest BCUT2D eigenvalue weighted by Gasteiger charge is -2.18. The summed E-state index contributed by atoms with van der Waals surface area (Å²) in [6, 6.07) is 9.69. The van der Waals surface area contributed by atoms with Gasteiger partial charge < -0.3 is 4.74 Å². The predicted octanol–water partition coefficient (Wildman–Crippen LogP) is 6.05. The Labute approximate surface area is 185 Å². The normalized spacial score (nSPS) is 11.8. The number of likely N-dealkylation sites (N-methyl/N-ethyl adjacent to an activating group) is 1. The van der Waals surface area contributed by atoms with Crippen LogP contribution >= 0.6 is 11.3 Å². The Hall–Kier alpha value is -2.61. The van der Waals surface area contributed by atoms with Crippen LogP contribution in [0, 0.1) is 17.3 Å². The van der Waals surface area contributed by atoms with Gasteiger partial charge in [-0.15, -0.1) is 0 Å². The molecule has 2 rings (SSSR count). The van der Waals surface area contributed by atoms with Crippen molar-refractivity contribution in [1.82, 2.24) is 4.90 Å². The van der Waals surface area contributed by atoms with Crippen molar-refractivity contribution in [3.05, 3.63) is 76.0 Å². The molecule has 3 nitrogen and oxygen atoms in total. The Balaban J connectivity index is 1.87. The molecule has 0 saturated heterocycles. The second kappa shape index (κ2) is 12.2. The average Bonchev–Trinajstić information content (AvgIpc) is 3.23. The zero-order valence-electron chi connectivity index (χ0n) is 18.4. The molecule has 0 N–H and O–H groups in total. The molecule has 0 aliphatic heterocycles. The maximum atomic E-state index is 12.3. The number of hydrogen-bond donors (Lipinski definition) is 0. The highest BCUT2D eigenvalue weighted by molar-refractivity contribution is 7.08. The maximum Gasteiger partial charge on any atom is 0.338 e. The fourth-order valence-corrected chi connectivity index (χ4v) is 3.27. The third kappa shape index (κ3) is 9.26. The van der Waals surface area contributed by atoms with E-state index in [9.17, 15) is 4.79 Å². The van der Waals surface area contributed by atoms with E-state index in [0.717, 1.165) is 30.8 Å². The van der Waals surface area contributed by atoms with Crippen molar-refractivity contribution in [2.75, 3.05) is 19.7 Å². The number of carbonyl (C=O) groups excluding carboxylic acids is 1. The quantitative estimate of drug-likeness (QED) is 0.365. The largest absolute Gasteiger partial charge is 0.458 e. The van der Waals surface area contributed by atoms with Crippen LogP contribution in [0.5, 0.6) is 0 Å². The maximum absolute atomic E-state index is 12.3. The van der Waals surface area contributed by atoms with Gasteiger partial charge in [0.2, 0.25) is 0 Å². The molecule has 1 heterocycles. The van der Waals surface area contributed by atoms with Gasteiger partial charge in [-0.25, -0.2) is 4.79 Å². The summed E-state index contributed by atoms with van der Waals surface area (Å²) >= 11 is 1.64. The SMILES string of the molecule is CCN(CC=CC#CC(C)(C)C)Cc1cccc(C(=O)OCC=Cc2ccsc2)c1. The van der Waals surface area contributed by atoms with Gasteiger partial charge in [-0.2, -0.15) is 11.3 Å². The van der Waals surface area contributed by atoms with Gasteiger partial charge in [-0.1, -0.05) is 43.0 Å². The number of benzene rings is 1. The van der Waals surface area contributed by atoms with Crippen LogP contribution in [0.3, 0.4) is 0 Å². The first kappa shape index (κ1) is 23.7. The molecule has 0 unspecified atom stereocenters. The highest BCUT2D eigenvalue weighted by Gasteiger charge is 2.09. The molecule has 0 aliphatic carbocycles. The summed E-state index contributed by atoms with van der Waals surface area (Å²) < 4.78 is 5.37. The first-order chi connectivity index (χ1) is 14.4. The molecule has 2 aromatic rings. The lowest BCUT2D eigenvalue weighted by molar-refractivity contribution is 0.0550. The van der Waals surface area contributed by atoms with Gasteiger partial charge in [0, 0.05) is 18.5 Å². The molecule has 0 saturated carbocycles. The lowest BCUT2D eigenvalue weighted by atomic mass is 9.98. The van der Waals surface area contributed by atoms with E-state index in [1.165, 1.54) is 0 Å². The summed E-state index contributed by atoms with van der Waals surface area (Å²) in [6.07, 6.45) is 7.82. The highest BCUT2D eigenvalue weighted by Crippen LogP contribution is 2.12. The molecule has 0 amide bonds. The molecule has 158 valence electrons. The predicted molar refractivity (Wildman–Crippen MR) is 127 cm³/mol. The molecule has 0 radical (unpaired) electrons. The highest BCUT2D eigenvalue weighted by atomic mass is 32.1. The van der Waals surface area contributed by atoms with E-state index >= 15 is 0 Å². The summed E-state index contributed by atoms with van der Waals surface area (Å²) in [5, 5.41) is 4.07. The third-order valence-corrected chi connectivity index (χ3v) is 4.89. The van der Waals surface area contributed by atoms with Crippen molar-refractivity contribution in [3.63, 3.8) is 0 Å². The molecule has 1 aromatic carbocycles. The number of nitrogens with zero attached hydrogens (tertiary/aromatic N) is 1. The van der Waals surface area contributed by atoms with Crippen molar-refractivity contribution >= 4 is 23.4 Å². The van der Waals surface area contributed by atoms with Crippen molar-refractivity contribution in [2.45, 2.75) is 34.2 Å². The van der Waals surface area contributed by atoms with Crippen LogP contribution in [0.1, 0.15) is 49.2 Å². The Morgan fingerprint density at radius 1 is 1.23 bits per heavy atom. The lowest BCUT2D eigenvalue weighted by Crippen LogP contribution is -2.23. The van der Waals surface area contributed by atoms with E-state index in [-0.39, 0.29) is 18.0 Å². The van der Waals surface area contributed by atoms with E-state index in [2.05, 4.69) is 50.5 Å². The second-order valence-corrected chi connectivity index (χ2v) is 8.79. The van der Waals surface area contributed by atoms with Crippen molar-refractivity contribution in [2.24, 2.45) is 5.41 Å². The van der Waals surface area contributed by atoms with Gasteiger partial charge in [-0.3, -0.25) is 4.90 Å². The number of ether oxygens (including phenoxy) is 1. The van der Waals surface area contributed by atoms with E-state index < -0.39 is 0 Å². The molecule has 30 heavy (non-hydrogen) atoms. The minimum absolute atomic E-state index is 0.0174. The van der Waals surface area contributed by atoms with E-state index in [1.807, 2.05) is 53.3 Å². The number of hydrogen-bond acceptors (Lipinski definition) is 4. The van der Waals surface area contributed by atoms with Gasteiger partial charge in [0.1, 0.15) is 6.61 Å². The fraction of sp³-hybridized carbons (Fsp3) is 0.346. The molecule has 0 bridgehead atoms. The van der Waals surface area contributed by atoms with Gasteiger partial charge in [-0.05, 0) is 79.6 Å². The molecular formula is C26H31NO2S. The monoisotopic (exact) mass is 421 g/mol. The number of esters is 1. The summed E-state index contributed by atoms with van der Waals surface area (Å²) in [7, 11) is 0. The number of rotatable bonds is 9. The summed E-state index contributed by atoms with van der Waals surface area (Å²) in [5.41, 5.74) is 2.81. The standard InChI is InChI=1S/C26H31NO2S/c1-5-27(16-8-6-7-15-26(2,3)4)20-23-11-9-13-24(19-23)25(28)29-17-10-12-22-14-18-30-21-22/h6,8-14,18-19,21H,5,16-17,20H2,1-4H3. The van der Waals surface area contributed by atoms with Crippen LogP contribution in [0.2, 0.25) is 0 Å². The van der Waals surface area contributed by atoms with Gasteiger partial charge >= 0.3 is 5.97 Å². The first-order valence-electron chi connectivity index (χ1n) is 10.2. The van der Waals surface area contributed by atoms with Gasteiger partial charge in [0.25, 0.3) is 0 Å². The van der Waals surface area contributed by atoms with E-state index in [4.69, 9.17) is 4.74 Å².